The van der Waals surface area contributed by atoms with Crippen molar-refractivity contribution in [2.75, 3.05) is 0 Å². The summed E-state index contributed by atoms with van der Waals surface area (Å²) >= 11 is 0. The summed E-state index contributed by atoms with van der Waals surface area (Å²) in [5.41, 5.74) is 0.241. The molecule has 0 spiro atoms. The first-order chi connectivity index (χ1) is 6.97. The number of ketones is 1. The first-order valence-electron chi connectivity index (χ1n) is 4.48. The van der Waals surface area contributed by atoms with Gasteiger partial charge in [-0.3, -0.25) is 14.9 Å². The predicted molar refractivity (Wildman–Crippen MR) is 54.1 cm³/mol. The first kappa shape index (κ1) is 11.2. The Bertz CT molecular complexity index is 390. The predicted octanol–water partition coefficient (Wildman–Crippen LogP) is 2.07. The lowest BCUT2D eigenvalue weighted by atomic mass is 10.0. The number of phenols is 1. The number of aromatic hydroxyl groups is 1. The first-order valence-corrected chi connectivity index (χ1v) is 4.48. The molecular weight excluding hydrogens is 198 g/mol. The lowest BCUT2D eigenvalue weighted by Gasteiger charge is -2.04. The summed E-state index contributed by atoms with van der Waals surface area (Å²) in [4.78, 5) is 21.0. The molecule has 0 fully saturated rings. The normalized spacial score (nSPS) is 10.0. The molecule has 80 valence electrons. The average Bonchev–Trinajstić information content (AvgIpc) is 2.17. The third-order valence-electron chi connectivity index (χ3n) is 2.13. The second kappa shape index (κ2) is 4.08. The fourth-order valence-electron chi connectivity index (χ4n) is 1.29. The van der Waals surface area contributed by atoms with Crippen LogP contribution in [-0.2, 0) is 6.42 Å². The Morgan fingerprint density at radius 2 is 2.13 bits per heavy atom. The quantitative estimate of drug-likeness (QED) is 0.469. The molecule has 1 aromatic carbocycles. The lowest BCUT2D eigenvalue weighted by molar-refractivity contribution is -0.385. The van der Waals surface area contributed by atoms with Gasteiger partial charge in [-0.1, -0.05) is 6.92 Å². The molecule has 5 nitrogen and oxygen atoms in total. The van der Waals surface area contributed by atoms with Gasteiger partial charge in [0.15, 0.2) is 5.78 Å². The zero-order valence-electron chi connectivity index (χ0n) is 8.48. The number of aryl methyl sites for hydroxylation is 1. The van der Waals surface area contributed by atoms with Gasteiger partial charge in [0.05, 0.1) is 10.5 Å². The van der Waals surface area contributed by atoms with Crippen LogP contribution in [0.25, 0.3) is 0 Å². The van der Waals surface area contributed by atoms with E-state index in [1.165, 1.54) is 19.1 Å². The van der Waals surface area contributed by atoms with Crippen LogP contribution in [-0.4, -0.2) is 15.8 Å². The van der Waals surface area contributed by atoms with Gasteiger partial charge in [0.2, 0.25) is 5.75 Å². The van der Waals surface area contributed by atoms with Crippen LogP contribution in [0.5, 0.6) is 5.75 Å². The molecule has 0 heterocycles. The van der Waals surface area contributed by atoms with E-state index < -0.39 is 16.4 Å². The van der Waals surface area contributed by atoms with Crippen LogP contribution in [0.2, 0.25) is 0 Å². The highest BCUT2D eigenvalue weighted by Crippen LogP contribution is 2.31. The molecule has 0 radical (unpaired) electrons. The van der Waals surface area contributed by atoms with Crippen molar-refractivity contribution in [3.8, 4) is 5.75 Å². The fraction of sp³-hybridized carbons (Fsp3) is 0.300. The van der Waals surface area contributed by atoms with Crippen molar-refractivity contribution in [2.24, 2.45) is 0 Å². The standard InChI is InChI=1S/C10H11NO4/c1-3-7-4-8(6(2)12)10(13)9(5-7)11(14)15/h4-5,13H,3H2,1-2H3. The zero-order valence-corrected chi connectivity index (χ0v) is 8.48. The lowest BCUT2D eigenvalue weighted by Crippen LogP contribution is -1.99. The van der Waals surface area contributed by atoms with E-state index in [0.29, 0.717) is 12.0 Å². The molecule has 5 heteroatoms. The van der Waals surface area contributed by atoms with Crippen LogP contribution in [0.15, 0.2) is 12.1 Å². The third-order valence-corrected chi connectivity index (χ3v) is 2.13. The highest BCUT2D eigenvalue weighted by Gasteiger charge is 2.20. The van der Waals surface area contributed by atoms with E-state index in [-0.39, 0.29) is 11.3 Å². The molecule has 1 aromatic rings. The maximum Gasteiger partial charge on any atom is 0.311 e. The Kier molecular flexibility index (Phi) is 3.04. The number of phenolic OH excluding ortho intramolecular Hbond substituents is 1. The van der Waals surface area contributed by atoms with E-state index in [1.54, 1.807) is 0 Å². The summed E-state index contributed by atoms with van der Waals surface area (Å²) in [5, 5.41) is 20.1. The number of hydrogen-bond donors (Lipinski definition) is 1. The van der Waals surface area contributed by atoms with Gasteiger partial charge in [-0.2, -0.15) is 0 Å². The molecule has 0 amide bonds. The Labute approximate surface area is 86.5 Å². The van der Waals surface area contributed by atoms with E-state index in [9.17, 15) is 20.0 Å². The van der Waals surface area contributed by atoms with E-state index in [4.69, 9.17) is 0 Å². The molecular formula is C10H11NO4. The van der Waals surface area contributed by atoms with Crippen LogP contribution in [0.4, 0.5) is 5.69 Å². The summed E-state index contributed by atoms with van der Waals surface area (Å²) in [6.45, 7) is 3.08. The van der Waals surface area contributed by atoms with Crippen molar-refractivity contribution in [3.05, 3.63) is 33.4 Å². The van der Waals surface area contributed by atoms with Crippen molar-refractivity contribution in [3.63, 3.8) is 0 Å². The molecule has 0 aliphatic heterocycles. The highest BCUT2D eigenvalue weighted by molar-refractivity contribution is 5.98. The molecule has 0 atom stereocenters. The Morgan fingerprint density at radius 3 is 2.53 bits per heavy atom. The summed E-state index contributed by atoms with van der Waals surface area (Å²) in [6.07, 6.45) is 0.571. The van der Waals surface area contributed by atoms with E-state index >= 15 is 0 Å². The van der Waals surface area contributed by atoms with Crippen LogP contribution in [0.1, 0.15) is 29.8 Å². The van der Waals surface area contributed by atoms with Crippen molar-refractivity contribution < 1.29 is 14.8 Å². The SMILES string of the molecule is CCc1cc(C(C)=O)c(O)c([N+](=O)[O-])c1. The van der Waals surface area contributed by atoms with E-state index in [2.05, 4.69) is 0 Å². The second-order valence-electron chi connectivity index (χ2n) is 3.18. The molecule has 0 saturated heterocycles. The largest absolute Gasteiger partial charge is 0.502 e. The average molecular weight is 209 g/mol. The van der Waals surface area contributed by atoms with Gasteiger partial charge in [-0.15, -0.1) is 0 Å². The molecule has 0 saturated carbocycles. The minimum Gasteiger partial charge on any atom is -0.502 e. The number of benzene rings is 1. The Morgan fingerprint density at radius 1 is 1.53 bits per heavy atom. The molecule has 1 rings (SSSR count). The van der Waals surface area contributed by atoms with Crippen molar-refractivity contribution >= 4 is 11.5 Å². The highest BCUT2D eigenvalue weighted by atomic mass is 16.6. The smallest absolute Gasteiger partial charge is 0.311 e. The number of rotatable bonds is 3. The number of nitrogens with zero attached hydrogens (tertiary/aromatic N) is 1. The monoisotopic (exact) mass is 209 g/mol. The zero-order chi connectivity index (χ0) is 11.6. The molecule has 0 unspecified atom stereocenters. The minimum atomic E-state index is -0.694. The van der Waals surface area contributed by atoms with E-state index in [0.717, 1.165) is 0 Å². The second-order valence-corrected chi connectivity index (χ2v) is 3.18. The number of carbonyl (C=O) groups excluding carboxylic acids is 1. The number of carbonyl (C=O) groups is 1. The van der Waals surface area contributed by atoms with Crippen molar-refractivity contribution in [1.29, 1.82) is 0 Å². The summed E-state index contributed by atoms with van der Waals surface area (Å²) in [5.74, 6) is -0.935. The molecule has 0 aliphatic carbocycles. The van der Waals surface area contributed by atoms with Gasteiger partial charge in [0.1, 0.15) is 0 Å². The summed E-state index contributed by atoms with van der Waals surface area (Å²) < 4.78 is 0. The number of hydrogen-bond acceptors (Lipinski definition) is 4. The number of Topliss-reactive ketones (excluding diaryl/α,β-unsaturated/α-hetero) is 1. The van der Waals surface area contributed by atoms with Crippen LogP contribution in [0, 0.1) is 10.1 Å². The minimum absolute atomic E-state index is 0.000972. The topological polar surface area (TPSA) is 80.4 Å². The molecule has 0 bridgehead atoms. The molecule has 1 N–H and O–H groups in total. The van der Waals surface area contributed by atoms with Crippen LogP contribution < -0.4 is 0 Å². The van der Waals surface area contributed by atoms with Gasteiger partial charge < -0.3 is 5.11 Å². The maximum absolute atomic E-state index is 11.1. The van der Waals surface area contributed by atoms with Crippen LogP contribution >= 0.6 is 0 Å². The van der Waals surface area contributed by atoms with Gasteiger partial charge in [0.25, 0.3) is 0 Å². The van der Waals surface area contributed by atoms with Gasteiger partial charge in [-0.05, 0) is 25.0 Å². The molecule has 15 heavy (non-hydrogen) atoms. The van der Waals surface area contributed by atoms with Gasteiger partial charge >= 0.3 is 5.69 Å². The maximum atomic E-state index is 11.1. The summed E-state index contributed by atoms with van der Waals surface area (Å²) in [7, 11) is 0. The number of nitro groups is 1. The number of nitro benzene ring substituents is 1. The fourth-order valence-corrected chi connectivity index (χ4v) is 1.29. The third kappa shape index (κ3) is 2.12. The van der Waals surface area contributed by atoms with Crippen molar-refractivity contribution in [1.82, 2.24) is 0 Å². The Hall–Kier alpha value is -1.91. The molecule has 0 aliphatic rings. The molecule has 0 aromatic heterocycles. The Balaban J connectivity index is 3.47. The van der Waals surface area contributed by atoms with Gasteiger partial charge in [-0.25, -0.2) is 0 Å². The van der Waals surface area contributed by atoms with Crippen LogP contribution in [0.3, 0.4) is 0 Å². The van der Waals surface area contributed by atoms with Gasteiger partial charge in [0, 0.05) is 6.07 Å². The van der Waals surface area contributed by atoms with E-state index in [1.807, 2.05) is 6.92 Å². The summed E-state index contributed by atoms with van der Waals surface area (Å²) in [6, 6.07) is 2.76. The van der Waals surface area contributed by atoms with Crippen molar-refractivity contribution in [2.45, 2.75) is 20.3 Å².